The molecule has 0 aliphatic carbocycles. The van der Waals surface area contributed by atoms with Gasteiger partial charge in [-0.25, -0.2) is 0 Å². The van der Waals surface area contributed by atoms with Crippen LogP contribution < -0.4 is 9.47 Å². The number of amides is 1. The first-order valence-corrected chi connectivity index (χ1v) is 13.3. The Hall–Kier alpha value is -3.07. The standard InChI is InChI=1S/C28H33ClN4O4/c1-3-36-22-11-8-20(18-23(22)37-4-2)27-24-25(19-6-9-21(29)10-7-19)30-31-26(24)28(34)33(27)13-5-12-32-14-16-35-17-15-32/h6-11,18,27H,3-5,12-17H2,1-2H3,(H,30,31). The molecule has 2 aliphatic rings. The van der Waals surface area contributed by atoms with E-state index in [1.807, 2.05) is 61.2 Å². The molecule has 9 heteroatoms. The van der Waals surface area contributed by atoms with Crippen LogP contribution in [-0.2, 0) is 4.74 Å². The van der Waals surface area contributed by atoms with Crippen LogP contribution in [0.25, 0.3) is 11.3 Å². The monoisotopic (exact) mass is 524 g/mol. The lowest BCUT2D eigenvalue weighted by molar-refractivity contribution is 0.0354. The number of hydrogen-bond acceptors (Lipinski definition) is 6. The van der Waals surface area contributed by atoms with Crippen molar-refractivity contribution in [2.45, 2.75) is 26.3 Å². The number of nitrogens with zero attached hydrogens (tertiary/aromatic N) is 3. The van der Waals surface area contributed by atoms with Gasteiger partial charge in [0.1, 0.15) is 5.69 Å². The summed E-state index contributed by atoms with van der Waals surface area (Å²) in [5, 5.41) is 8.25. The lowest BCUT2D eigenvalue weighted by atomic mass is 9.95. The fourth-order valence-corrected chi connectivity index (χ4v) is 5.25. The minimum atomic E-state index is -0.300. The number of carbonyl (C=O) groups is 1. The predicted octanol–water partition coefficient (Wildman–Crippen LogP) is 4.80. The van der Waals surface area contributed by atoms with E-state index in [9.17, 15) is 4.79 Å². The summed E-state index contributed by atoms with van der Waals surface area (Å²) in [6.45, 7) is 9.89. The van der Waals surface area contributed by atoms with E-state index >= 15 is 0 Å². The molecule has 2 aromatic carbocycles. The van der Waals surface area contributed by atoms with Crippen LogP contribution in [0.4, 0.5) is 0 Å². The zero-order valence-corrected chi connectivity index (χ0v) is 22.1. The molecule has 5 rings (SSSR count). The van der Waals surface area contributed by atoms with E-state index < -0.39 is 0 Å². The zero-order valence-electron chi connectivity index (χ0n) is 21.3. The third-order valence-corrected chi connectivity index (χ3v) is 7.09. The third kappa shape index (κ3) is 5.32. The Kier molecular flexibility index (Phi) is 7.98. The number of carbonyl (C=O) groups excluding carboxylic acids is 1. The maximum atomic E-state index is 13.7. The molecule has 1 unspecified atom stereocenters. The molecule has 1 N–H and O–H groups in total. The van der Waals surface area contributed by atoms with Crippen molar-refractivity contribution in [1.29, 1.82) is 0 Å². The Morgan fingerprint density at radius 2 is 1.76 bits per heavy atom. The molecule has 1 aromatic heterocycles. The lowest BCUT2D eigenvalue weighted by Crippen LogP contribution is -2.38. The van der Waals surface area contributed by atoms with Crippen LogP contribution >= 0.6 is 11.6 Å². The van der Waals surface area contributed by atoms with E-state index in [-0.39, 0.29) is 11.9 Å². The van der Waals surface area contributed by atoms with Gasteiger partial charge >= 0.3 is 0 Å². The second kappa shape index (κ2) is 11.5. The zero-order chi connectivity index (χ0) is 25.8. The second-order valence-electron chi connectivity index (χ2n) is 9.15. The molecule has 1 fully saturated rings. The van der Waals surface area contributed by atoms with Gasteiger partial charge in [0.2, 0.25) is 0 Å². The number of rotatable bonds is 10. The van der Waals surface area contributed by atoms with E-state index in [4.69, 9.17) is 25.8 Å². The number of benzene rings is 2. The summed E-state index contributed by atoms with van der Waals surface area (Å²) >= 11 is 6.14. The lowest BCUT2D eigenvalue weighted by Gasteiger charge is -2.30. The van der Waals surface area contributed by atoms with Gasteiger partial charge in [-0.1, -0.05) is 29.8 Å². The molecule has 37 heavy (non-hydrogen) atoms. The van der Waals surface area contributed by atoms with Crippen LogP contribution in [0.2, 0.25) is 5.02 Å². The van der Waals surface area contributed by atoms with Gasteiger partial charge in [0.15, 0.2) is 11.5 Å². The van der Waals surface area contributed by atoms with E-state index in [2.05, 4.69) is 15.1 Å². The summed E-state index contributed by atoms with van der Waals surface area (Å²) < 4.78 is 17.2. The molecule has 1 amide bonds. The molecule has 1 atom stereocenters. The molecule has 8 nitrogen and oxygen atoms in total. The fourth-order valence-electron chi connectivity index (χ4n) is 5.13. The molecular weight excluding hydrogens is 492 g/mol. The van der Waals surface area contributed by atoms with Crippen LogP contribution in [0, 0.1) is 0 Å². The smallest absolute Gasteiger partial charge is 0.273 e. The number of H-pyrrole nitrogens is 1. The van der Waals surface area contributed by atoms with Crippen LogP contribution in [0.1, 0.15) is 47.9 Å². The second-order valence-corrected chi connectivity index (χ2v) is 9.59. The minimum Gasteiger partial charge on any atom is -0.490 e. The number of ether oxygens (including phenoxy) is 3. The van der Waals surface area contributed by atoms with Gasteiger partial charge in [-0.3, -0.25) is 14.8 Å². The normalized spacial score (nSPS) is 17.8. The third-order valence-electron chi connectivity index (χ3n) is 6.84. The Bertz CT molecular complexity index is 1220. The van der Waals surface area contributed by atoms with Crippen molar-refractivity contribution in [2.24, 2.45) is 0 Å². The summed E-state index contributed by atoms with van der Waals surface area (Å²) in [6.07, 6.45) is 0.867. The Balaban J connectivity index is 1.51. The number of aromatic nitrogens is 2. The van der Waals surface area contributed by atoms with Gasteiger partial charge in [-0.05, 0) is 50.1 Å². The molecule has 196 valence electrons. The molecule has 1 saturated heterocycles. The number of fused-ring (bicyclic) bond motifs is 1. The summed E-state index contributed by atoms with van der Waals surface area (Å²) in [6, 6.07) is 13.2. The maximum Gasteiger partial charge on any atom is 0.273 e. The van der Waals surface area contributed by atoms with Crippen molar-refractivity contribution in [3.05, 3.63) is 64.3 Å². The van der Waals surface area contributed by atoms with Crippen molar-refractivity contribution < 1.29 is 19.0 Å². The van der Waals surface area contributed by atoms with Crippen molar-refractivity contribution in [2.75, 3.05) is 52.6 Å². The molecule has 0 saturated carbocycles. The van der Waals surface area contributed by atoms with Gasteiger partial charge in [-0.2, -0.15) is 5.10 Å². The van der Waals surface area contributed by atoms with Gasteiger partial charge in [0.25, 0.3) is 5.91 Å². The maximum absolute atomic E-state index is 13.7. The van der Waals surface area contributed by atoms with Gasteiger partial charge in [0, 0.05) is 42.3 Å². The minimum absolute atomic E-state index is 0.0402. The predicted molar refractivity (Wildman–Crippen MR) is 143 cm³/mol. The summed E-state index contributed by atoms with van der Waals surface area (Å²) in [7, 11) is 0. The van der Waals surface area contributed by atoms with Crippen LogP contribution in [0.3, 0.4) is 0 Å². The molecular formula is C28H33ClN4O4. The molecule has 2 aliphatic heterocycles. The number of hydrogen-bond donors (Lipinski definition) is 1. The Labute approximate surface area is 222 Å². The topological polar surface area (TPSA) is 79.9 Å². The summed E-state index contributed by atoms with van der Waals surface area (Å²) in [4.78, 5) is 18.0. The number of nitrogens with one attached hydrogen (secondary N) is 1. The van der Waals surface area contributed by atoms with Crippen molar-refractivity contribution in [3.63, 3.8) is 0 Å². The highest BCUT2D eigenvalue weighted by atomic mass is 35.5. The highest BCUT2D eigenvalue weighted by molar-refractivity contribution is 6.30. The fraction of sp³-hybridized carbons (Fsp3) is 0.429. The number of morpholine rings is 1. The average molecular weight is 525 g/mol. The first-order chi connectivity index (χ1) is 18.1. The summed E-state index contributed by atoms with van der Waals surface area (Å²) in [5.41, 5.74) is 4.04. The van der Waals surface area contributed by atoms with Gasteiger partial charge in [-0.15, -0.1) is 0 Å². The number of aromatic amines is 1. The molecule has 0 spiro atoms. The molecule has 3 aromatic rings. The van der Waals surface area contributed by atoms with Gasteiger partial charge in [0.05, 0.1) is 38.2 Å². The largest absolute Gasteiger partial charge is 0.490 e. The number of halogens is 1. The van der Waals surface area contributed by atoms with Crippen molar-refractivity contribution >= 4 is 17.5 Å². The Morgan fingerprint density at radius 1 is 1.03 bits per heavy atom. The van der Waals surface area contributed by atoms with Gasteiger partial charge < -0.3 is 19.1 Å². The van der Waals surface area contributed by atoms with Crippen molar-refractivity contribution in [1.82, 2.24) is 20.0 Å². The van der Waals surface area contributed by atoms with E-state index in [1.165, 1.54) is 0 Å². The molecule has 0 radical (unpaired) electrons. The van der Waals surface area contributed by atoms with Crippen molar-refractivity contribution in [3.8, 4) is 22.8 Å². The quantitative estimate of drug-likeness (QED) is 0.410. The van der Waals surface area contributed by atoms with E-state index in [1.54, 1.807) is 0 Å². The SMILES string of the molecule is CCOc1ccc(C2c3c(-c4ccc(Cl)cc4)n[nH]c3C(=O)N2CCCN2CCOCC2)cc1OCC. The van der Waals surface area contributed by atoms with E-state index in [0.717, 1.165) is 61.7 Å². The Morgan fingerprint density at radius 3 is 2.49 bits per heavy atom. The first kappa shape index (κ1) is 25.6. The molecule has 3 heterocycles. The van der Waals surface area contributed by atoms with E-state index in [0.29, 0.717) is 42.0 Å². The average Bonchev–Trinajstić information content (AvgIpc) is 3.45. The van der Waals surface area contributed by atoms with Crippen LogP contribution in [0.5, 0.6) is 11.5 Å². The first-order valence-electron chi connectivity index (χ1n) is 13.0. The van der Waals surface area contributed by atoms with Crippen LogP contribution in [-0.4, -0.2) is 78.5 Å². The summed E-state index contributed by atoms with van der Waals surface area (Å²) in [5.74, 6) is 1.33. The van der Waals surface area contributed by atoms with Crippen LogP contribution in [0.15, 0.2) is 42.5 Å². The highest BCUT2D eigenvalue weighted by Crippen LogP contribution is 2.44. The molecule has 0 bridgehead atoms. The highest BCUT2D eigenvalue weighted by Gasteiger charge is 2.42.